The maximum Gasteiger partial charge on any atom is 0.331 e. The number of imide groups is 1. The van der Waals surface area contributed by atoms with Gasteiger partial charge < -0.3 is 4.74 Å². The van der Waals surface area contributed by atoms with E-state index in [1.54, 1.807) is 36.6 Å². The molecule has 0 unspecified atom stereocenters. The van der Waals surface area contributed by atoms with E-state index >= 15 is 0 Å². The van der Waals surface area contributed by atoms with Gasteiger partial charge in [-0.15, -0.1) is 11.8 Å². The van der Waals surface area contributed by atoms with Gasteiger partial charge in [-0.2, -0.15) is 0 Å². The maximum absolute atomic E-state index is 12.7. The lowest BCUT2D eigenvalue weighted by molar-refractivity contribution is -0.145. The largest absolute Gasteiger partial charge is 0.467 e. The number of fused-ring (bicyclic) bond motifs is 1. The highest BCUT2D eigenvalue weighted by Gasteiger charge is 2.59. The number of aliphatic imine (C=N–C) groups is 1. The molecule has 0 radical (unpaired) electrons. The van der Waals surface area contributed by atoms with Crippen molar-refractivity contribution < 1.29 is 19.1 Å². The molecule has 3 rings (SSSR count). The molecule has 0 spiro atoms. The summed E-state index contributed by atoms with van der Waals surface area (Å²) in [5.74, 6) is -2.81. The average Bonchev–Trinajstić information content (AvgIpc) is 3.05. The van der Waals surface area contributed by atoms with Gasteiger partial charge in [-0.1, -0.05) is 18.2 Å². The van der Waals surface area contributed by atoms with E-state index in [-0.39, 0.29) is 5.91 Å². The number of hydrogen-bond donors (Lipinski definition) is 0. The topological polar surface area (TPSA) is 76.0 Å². The van der Waals surface area contributed by atoms with E-state index in [9.17, 15) is 14.4 Å². The fourth-order valence-corrected chi connectivity index (χ4v) is 3.62. The van der Waals surface area contributed by atoms with Crippen LogP contribution in [0.3, 0.4) is 0 Å². The zero-order chi connectivity index (χ0) is 15.9. The third kappa shape index (κ3) is 2.04. The van der Waals surface area contributed by atoms with E-state index < -0.39 is 29.8 Å². The van der Waals surface area contributed by atoms with Gasteiger partial charge in [0.05, 0.1) is 23.8 Å². The van der Waals surface area contributed by atoms with Gasteiger partial charge in [0.2, 0.25) is 11.8 Å². The number of amides is 2. The number of carbonyl (C=O) groups excluding carboxylic acids is 3. The highest BCUT2D eigenvalue weighted by atomic mass is 32.2. The van der Waals surface area contributed by atoms with Crippen LogP contribution in [0.1, 0.15) is 0 Å². The van der Waals surface area contributed by atoms with Crippen LogP contribution in [0.25, 0.3) is 0 Å². The van der Waals surface area contributed by atoms with E-state index in [4.69, 9.17) is 4.74 Å². The summed E-state index contributed by atoms with van der Waals surface area (Å²) in [6.07, 6.45) is 1.78. The second kappa shape index (κ2) is 5.57. The summed E-state index contributed by atoms with van der Waals surface area (Å²) < 4.78 is 4.72. The molecule has 3 atom stereocenters. The molecule has 0 saturated carbocycles. The van der Waals surface area contributed by atoms with E-state index in [1.807, 2.05) is 0 Å². The summed E-state index contributed by atoms with van der Waals surface area (Å²) in [7, 11) is 1.25. The number of carbonyl (C=O) groups is 3. The lowest BCUT2D eigenvalue weighted by Gasteiger charge is -2.16. The summed E-state index contributed by atoms with van der Waals surface area (Å²) >= 11 is 1.29. The Morgan fingerprint density at radius 2 is 1.91 bits per heavy atom. The van der Waals surface area contributed by atoms with Crippen LogP contribution in [0.2, 0.25) is 0 Å². The average molecular weight is 318 g/mol. The SMILES string of the molecule is COC(=O)[C@@H]1N=C(SC)[C@H]2C(=O)N(c3ccccc3)C(=O)[C@H]21. The molecule has 0 bridgehead atoms. The minimum absolute atomic E-state index is 0.333. The van der Waals surface area contributed by atoms with E-state index in [0.717, 1.165) is 4.90 Å². The van der Waals surface area contributed by atoms with Crippen molar-refractivity contribution in [3.63, 3.8) is 0 Å². The highest BCUT2D eigenvalue weighted by molar-refractivity contribution is 8.13. The zero-order valence-corrected chi connectivity index (χ0v) is 12.9. The Bertz CT molecular complexity index is 673. The van der Waals surface area contributed by atoms with Crippen LogP contribution in [0.5, 0.6) is 0 Å². The number of methoxy groups -OCH3 is 1. The monoisotopic (exact) mass is 318 g/mol. The Kier molecular flexibility index (Phi) is 3.74. The van der Waals surface area contributed by atoms with Crippen molar-refractivity contribution >= 4 is 40.3 Å². The minimum Gasteiger partial charge on any atom is -0.467 e. The first kappa shape index (κ1) is 14.8. The highest BCUT2D eigenvalue weighted by Crippen LogP contribution is 2.41. The Morgan fingerprint density at radius 3 is 2.50 bits per heavy atom. The van der Waals surface area contributed by atoms with Crippen molar-refractivity contribution in [2.24, 2.45) is 16.8 Å². The molecule has 1 aromatic rings. The van der Waals surface area contributed by atoms with Crippen LogP contribution in [0, 0.1) is 11.8 Å². The summed E-state index contributed by atoms with van der Waals surface area (Å²) in [4.78, 5) is 42.7. The molecule has 6 nitrogen and oxygen atoms in total. The van der Waals surface area contributed by atoms with Crippen LogP contribution in [-0.2, 0) is 19.1 Å². The lowest BCUT2D eigenvalue weighted by Crippen LogP contribution is -2.36. The molecule has 2 aliphatic rings. The van der Waals surface area contributed by atoms with Gasteiger partial charge in [-0.3, -0.25) is 14.6 Å². The zero-order valence-electron chi connectivity index (χ0n) is 12.1. The summed E-state index contributed by atoms with van der Waals surface area (Å²) in [5.41, 5.74) is 0.510. The molecule has 2 heterocycles. The van der Waals surface area contributed by atoms with Gasteiger partial charge in [-0.25, -0.2) is 9.69 Å². The van der Waals surface area contributed by atoms with Crippen LogP contribution in [-0.4, -0.2) is 42.2 Å². The van der Waals surface area contributed by atoms with Crippen molar-refractivity contribution in [2.75, 3.05) is 18.3 Å². The fraction of sp³-hybridized carbons (Fsp3) is 0.333. The summed E-state index contributed by atoms with van der Waals surface area (Å²) in [6, 6.07) is 7.76. The fourth-order valence-electron chi connectivity index (χ4n) is 2.90. The molecule has 1 saturated heterocycles. The maximum atomic E-state index is 12.7. The second-order valence-corrected chi connectivity index (χ2v) is 5.82. The van der Waals surface area contributed by atoms with Gasteiger partial charge in [0.25, 0.3) is 0 Å². The second-order valence-electron chi connectivity index (χ2n) is 4.99. The molecular formula is C15H14N2O4S. The Hall–Kier alpha value is -2.15. The minimum atomic E-state index is -0.942. The smallest absolute Gasteiger partial charge is 0.331 e. The Labute approximate surface area is 131 Å². The predicted molar refractivity (Wildman–Crippen MR) is 82.7 cm³/mol. The number of nitrogens with zero attached hydrogens (tertiary/aromatic N) is 2. The van der Waals surface area contributed by atoms with E-state index in [1.165, 1.54) is 18.9 Å². The molecule has 1 fully saturated rings. The van der Waals surface area contributed by atoms with Crippen molar-refractivity contribution in [3.05, 3.63) is 30.3 Å². The molecule has 2 amide bonds. The lowest BCUT2D eigenvalue weighted by atomic mass is 9.92. The molecule has 0 aromatic heterocycles. The number of anilines is 1. The normalized spacial score (nSPS) is 26.9. The quantitative estimate of drug-likeness (QED) is 0.603. The van der Waals surface area contributed by atoms with Gasteiger partial charge in [0.1, 0.15) is 5.92 Å². The van der Waals surface area contributed by atoms with E-state index in [2.05, 4.69) is 4.99 Å². The Balaban J connectivity index is 2.02. The van der Waals surface area contributed by atoms with Crippen LogP contribution >= 0.6 is 11.8 Å². The molecule has 2 aliphatic heterocycles. The van der Waals surface area contributed by atoms with Crippen LogP contribution in [0.15, 0.2) is 35.3 Å². The number of ether oxygens (including phenoxy) is 1. The van der Waals surface area contributed by atoms with Crippen LogP contribution < -0.4 is 4.90 Å². The standard InChI is InChI=1S/C15H14N2O4S/c1-21-15(20)11-9-10(12(16-11)22-2)14(19)17(13(9)18)8-6-4-3-5-7-8/h3-7,9-11H,1-2H3/t9-,10+,11-/m1/s1. The van der Waals surface area contributed by atoms with Gasteiger partial charge >= 0.3 is 5.97 Å². The third-order valence-electron chi connectivity index (χ3n) is 3.89. The van der Waals surface area contributed by atoms with Crippen molar-refractivity contribution in [1.29, 1.82) is 0 Å². The number of thioether (sulfide) groups is 1. The van der Waals surface area contributed by atoms with Gasteiger partial charge in [0.15, 0.2) is 6.04 Å². The summed E-state index contributed by atoms with van der Waals surface area (Å²) in [5, 5.41) is 0.511. The predicted octanol–water partition coefficient (Wildman–Crippen LogP) is 1.11. The van der Waals surface area contributed by atoms with Crippen molar-refractivity contribution in [1.82, 2.24) is 0 Å². The number of hydrogen-bond acceptors (Lipinski definition) is 6. The molecular weight excluding hydrogens is 304 g/mol. The van der Waals surface area contributed by atoms with Gasteiger partial charge in [-0.05, 0) is 18.4 Å². The molecule has 0 N–H and O–H groups in total. The summed E-state index contributed by atoms with van der Waals surface area (Å²) in [6.45, 7) is 0. The van der Waals surface area contributed by atoms with Gasteiger partial charge in [0, 0.05) is 0 Å². The molecule has 1 aromatic carbocycles. The van der Waals surface area contributed by atoms with E-state index in [0.29, 0.717) is 10.7 Å². The first-order valence-electron chi connectivity index (χ1n) is 6.72. The first-order chi connectivity index (χ1) is 10.6. The number of rotatable bonds is 2. The number of esters is 1. The number of benzene rings is 1. The van der Waals surface area contributed by atoms with Crippen molar-refractivity contribution in [2.45, 2.75) is 6.04 Å². The Morgan fingerprint density at radius 1 is 1.23 bits per heavy atom. The van der Waals surface area contributed by atoms with Crippen LogP contribution in [0.4, 0.5) is 5.69 Å². The van der Waals surface area contributed by atoms with Crippen molar-refractivity contribution in [3.8, 4) is 0 Å². The molecule has 22 heavy (non-hydrogen) atoms. The molecule has 114 valence electrons. The number of para-hydroxylation sites is 1. The molecule has 0 aliphatic carbocycles. The third-order valence-corrected chi connectivity index (χ3v) is 4.67. The first-order valence-corrected chi connectivity index (χ1v) is 7.95. The molecule has 7 heteroatoms.